The van der Waals surface area contributed by atoms with Crippen LogP contribution in [0.1, 0.15) is 96.3 Å². The molecule has 0 unspecified atom stereocenters. The molecule has 1 fully saturated rings. The molecule has 1 aliphatic rings. The molecule has 1 aliphatic heterocycles. The van der Waals surface area contributed by atoms with Crippen molar-refractivity contribution in [3.05, 3.63) is 0 Å². The Kier molecular flexibility index (Phi) is 27.2. The topological polar surface area (TPSA) is 0 Å². The highest BCUT2D eigenvalue weighted by Crippen LogP contribution is 2.59. The van der Waals surface area contributed by atoms with Gasteiger partial charge in [0.25, 0.3) is 0 Å². The van der Waals surface area contributed by atoms with E-state index in [2.05, 4.69) is 0 Å². The second-order valence-electron chi connectivity index (χ2n) is 6.49. The average Bonchev–Trinajstić information content (AvgIpc) is 2.68. The third-order valence-corrected chi connectivity index (χ3v) is 24.2. The van der Waals surface area contributed by atoms with E-state index in [9.17, 15) is 0 Å². The van der Waals surface area contributed by atoms with E-state index in [-0.39, 0.29) is 0 Å². The molecule has 0 saturated carbocycles. The first-order valence-corrected chi connectivity index (χ1v) is 23.2. The summed E-state index contributed by atoms with van der Waals surface area (Å²) in [6.07, 6.45) is 21.8. The van der Waals surface area contributed by atoms with Crippen LogP contribution in [0, 0.1) is 0 Å². The number of rotatable bonds is 0. The van der Waals surface area contributed by atoms with Crippen LogP contribution in [0.4, 0.5) is 0 Å². The Morgan fingerprint density at radius 1 is 0.222 bits per heavy atom. The van der Waals surface area contributed by atoms with Gasteiger partial charge in [-0.05, 0) is 91.4 Å². The fourth-order valence-corrected chi connectivity index (χ4v) is 25.5. The van der Waals surface area contributed by atoms with E-state index < -0.39 is 0 Å². The Hall–Kier alpha value is 3.50. The Labute approximate surface area is 205 Å². The van der Waals surface area contributed by atoms with Crippen LogP contribution in [0.3, 0.4) is 0 Å². The lowest BCUT2D eigenvalue weighted by Crippen LogP contribution is -1.84. The maximum atomic E-state index is 2.03. The van der Waals surface area contributed by atoms with Crippen LogP contribution in [0.5, 0.6) is 0 Å². The van der Waals surface area contributed by atoms with Crippen molar-refractivity contribution < 1.29 is 0 Å². The van der Waals surface area contributed by atoms with Gasteiger partial charge in [-0.1, -0.05) is 105 Å². The van der Waals surface area contributed by atoms with Crippen LogP contribution >= 0.6 is 100 Å². The van der Waals surface area contributed by atoms with Crippen LogP contribution in [0.15, 0.2) is 0 Å². The van der Waals surface area contributed by atoms with Gasteiger partial charge in [-0.15, -0.1) is 0 Å². The molecule has 0 spiro atoms. The smallest absolute Gasteiger partial charge is 0.00454 e. The van der Waals surface area contributed by atoms with Crippen LogP contribution in [0.2, 0.25) is 0 Å². The first-order chi connectivity index (χ1) is 13.5. The fraction of sp³-hybridized carbons (Fsp3) is 1.00. The maximum Gasteiger partial charge on any atom is 0.00454 e. The highest BCUT2D eigenvalue weighted by Gasteiger charge is 1.99. The molecule has 0 N–H and O–H groups in total. The summed E-state index contributed by atoms with van der Waals surface area (Å²) >= 11 is 0. The summed E-state index contributed by atoms with van der Waals surface area (Å²) in [7, 11) is 19.4. The van der Waals surface area contributed by atoms with Gasteiger partial charge in [0.15, 0.2) is 0 Å². The molecule has 162 valence electrons. The number of hydrogen-bond donors (Lipinski definition) is 0. The lowest BCUT2D eigenvalue weighted by Gasteiger charge is -2.03. The Morgan fingerprint density at radius 2 is 0.444 bits per heavy atom. The molecule has 0 radical (unpaired) electrons. The van der Waals surface area contributed by atoms with Crippen LogP contribution in [-0.2, 0) is 0 Å². The zero-order valence-electron chi connectivity index (χ0n) is 16.1. The predicted molar refractivity (Wildman–Crippen MR) is 155 cm³/mol. The predicted octanol–water partition coefficient (Wildman–Crippen LogP) is 12.4. The van der Waals surface area contributed by atoms with Crippen LogP contribution in [-0.4, -0.2) is 11.5 Å². The van der Waals surface area contributed by atoms with Gasteiger partial charge in [0, 0.05) is 11.5 Å². The Balaban J connectivity index is 2.00. The quantitative estimate of drug-likeness (QED) is 0.262. The van der Waals surface area contributed by atoms with E-state index in [1.807, 2.05) is 100 Å². The fourth-order valence-electron chi connectivity index (χ4n) is 2.80. The van der Waals surface area contributed by atoms with Gasteiger partial charge in [-0.3, -0.25) is 0 Å². The van der Waals surface area contributed by atoms with Gasteiger partial charge in [0.2, 0.25) is 0 Å². The SMILES string of the molecule is C1CCCCCCCCSSSSSSSSSSCCCCCCCC1. The summed E-state index contributed by atoms with van der Waals surface area (Å²) in [5, 5.41) is 0. The first kappa shape index (κ1) is 28.5. The van der Waals surface area contributed by atoms with E-state index >= 15 is 0 Å². The van der Waals surface area contributed by atoms with Crippen molar-refractivity contribution in [3.63, 3.8) is 0 Å². The third-order valence-electron chi connectivity index (χ3n) is 4.25. The monoisotopic (exact) mass is 558 g/mol. The summed E-state index contributed by atoms with van der Waals surface area (Å²) in [4.78, 5) is 0. The van der Waals surface area contributed by atoms with E-state index in [1.165, 1.54) is 108 Å². The summed E-state index contributed by atoms with van der Waals surface area (Å²) in [5.74, 6) is 2.63. The van der Waals surface area contributed by atoms with Crippen molar-refractivity contribution in [1.82, 2.24) is 0 Å². The average molecular weight is 559 g/mol. The molecule has 1 rings (SSSR count). The Bertz CT molecular complexity index is 154. The minimum atomic E-state index is 1.31. The molecular weight excluding hydrogens is 525 g/mol. The minimum Gasteiger partial charge on any atom is -0.0817 e. The lowest BCUT2D eigenvalue weighted by molar-refractivity contribution is 0.535. The van der Waals surface area contributed by atoms with Gasteiger partial charge < -0.3 is 0 Å². The summed E-state index contributed by atoms with van der Waals surface area (Å²) < 4.78 is 0. The van der Waals surface area contributed by atoms with Crippen molar-refractivity contribution in [2.24, 2.45) is 0 Å². The molecule has 0 bridgehead atoms. The molecule has 10 heteroatoms. The van der Waals surface area contributed by atoms with Gasteiger partial charge in [0.05, 0.1) is 0 Å². The van der Waals surface area contributed by atoms with Crippen molar-refractivity contribution in [3.8, 4) is 0 Å². The van der Waals surface area contributed by atoms with Gasteiger partial charge in [-0.25, -0.2) is 0 Å². The standard InChI is InChI=1S/C17H34S10/c1-2-4-6-8-10-12-14-16-18-20-22-24-26-27-25-23-21-19-17-15-13-11-9-7-5-3-1/h1-17H2. The van der Waals surface area contributed by atoms with E-state index in [1.54, 1.807) is 0 Å². The maximum absolute atomic E-state index is 2.03. The molecule has 0 aromatic carbocycles. The third kappa shape index (κ3) is 24.0. The second kappa shape index (κ2) is 25.8. The van der Waals surface area contributed by atoms with Crippen LogP contribution < -0.4 is 0 Å². The molecule has 1 heterocycles. The zero-order chi connectivity index (χ0) is 19.1. The second-order valence-corrected chi connectivity index (χ2v) is 23.3. The highest BCUT2D eigenvalue weighted by atomic mass is 34.0. The van der Waals surface area contributed by atoms with Gasteiger partial charge >= 0.3 is 0 Å². The molecule has 0 atom stereocenters. The molecule has 0 aromatic rings. The molecular formula is C17H34S10. The van der Waals surface area contributed by atoms with E-state index in [0.717, 1.165) is 0 Å². The molecule has 0 aliphatic carbocycles. The highest BCUT2D eigenvalue weighted by molar-refractivity contribution is 9.52. The number of hydrogen-bond acceptors (Lipinski definition) is 10. The van der Waals surface area contributed by atoms with Crippen LogP contribution in [0.25, 0.3) is 0 Å². The first-order valence-electron chi connectivity index (χ1n) is 10.1. The summed E-state index contributed by atoms with van der Waals surface area (Å²) in [6, 6.07) is 0. The molecule has 0 aromatic heterocycles. The normalized spacial score (nSPS) is 24.0. The Morgan fingerprint density at radius 3 is 0.741 bits per heavy atom. The summed E-state index contributed by atoms with van der Waals surface area (Å²) in [5.41, 5.74) is 0. The minimum absolute atomic E-state index is 1.31. The molecule has 0 nitrogen and oxygen atoms in total. The van der Waals surface area contributed by atoms with Gasteiger partial charge in [0.1, 0.15) is 0 Å². The van der Waals surface area contributed by atoms with Crippen molar-refractivity contribution in [1.29, 1.82) is 0 Å². The molecule has 27 heavy (non-hydrogen) atoms. The summed E-state index contributed by atoms with van der Waals surface area (Å²) in [6.45, 7) is 0. The van der Waals surface area contributed by atoms with Gasteiger partial charge in [-0.2, -0.15) is 0 Å². The van der Waals surface area contributed by atoms with Crippen molar-refractivity contribution >= 4 is 100 Å². The molecule has 0 amide bonds. The van der Waals surface area contributed by atoms with E-state index in [0.29, 0.717) is 0 Å². The van der Waals surface area contributed by atoms with Crippen molar-refractivity contribution in [2.45, 2.75) is 96.3 Å². The molecule has 1 saturated heterocycles. The van der Waals surface area contributed by atoms with Crippen molar-refractivity contribution in [2.75, 3.05) is 11.5 Å². The largest absolute Gasteiger partial charge is 0.0817 e. The zero-order valence-corrected chi connectivity index (χ0v) is 24.3. The van der Waals surface area contributed by atoms with E-state index in [4.69, 9.17) is 0 Å². The lowest BCUT2D eigenvalue weighted by atomic mass is 10.0.